The quantitative estimate of drug-likeness (QED) is 0.913. The predicted octanol–water partition coefficient (Wildman–Crippen LogP) is 1.97. The number of carbonyl (C=O) groups is 1. The van der Waals surface area contributed by atoms with E-state index in [1.54, 1.807) is 29.2 Å². The second-order valence-corrected chi connectivity index (χ2v) is 6.44. The Bertz CT molecular complexity index is 696. The van der Waals surface area contributed by atoms with Gasteiger partial charge in [-0.3, -0.25) is 9.69 Å². The van der Waals surface area contributed by atoms with E-state index in [9.17, 15) is 4.79 Å². The number of halogens is 1. The summed E-state index contributed by atoms with van der Waals surface area (Å²) < 4.78 is 7.28. The summed E-state index contributed by atoms with van der Waals surface area (Å²) in [4.78, 5) is 18.5. The minimum absolute atomic E-state index is 0.0973. The number of benzene rings is 1. The molecule has 0 radical (unpaired) electrons. The third kappa shape index (κ3) is 4.11. The molecule has 1 aromatic carbocycles. The van der Waals surface area contributed by atoms with Gasteiger partial charge < -0.3 is 10.1 Å². The second kappa shape index (κ2) is 7.29. The first-order valence-electron chi connectivity index (χ1n) is 7.83. The number of anilines is 1. The van der Waals surface area contributed by atoms with Gasteiger partial charge in [0.15, 0.2) is 0 Å². The molecule has 0 bridgehead atoms. The highest BCUT2D eigenvalue weighted by molar-refractivity contribution is 6.31. The Morgan fingerprint density at radius 3 is 2.79 bits per heavy atom. The van der Waals surface area contributed by atoms with E-state index in [0.29, 0.717) is 22.9 Å². The fraction of sp³-hybridized carbons (Fsp3) is 0.438. The summed E-state index contributed by atoms with van der Waals surface area (Å²) in [5.41, 5.74) is 1.32. The van der Waals surface area contributed by atoms with Crippen molar-refractivity contribution in [3.63, 3.8) is 0 Å². The van der Waals surface area contributed by atoms with E-state index in [1.165, 1.54) is 6.33 Å². The van der Waals surface area contributed by atoms with Crippen molar-refractivity contribution < 1.29 is 9.53 Å². The average molecular weight is 350 g/mol. The molecule has 0 saturated carbocycles. The normalized spacial score (nSPS) is 21.6. The zero-order valence-electron chi connectivity index (χ0n) is 13.6. The maximum Gasteiger partial charge on any atom is 0.238 e. The van der Waals surface area contributed by atoms with Crippen LogP contribution in [0.3, 0.4) is 0 Å². The first-order valence-corrected chi connectivity index (χ1v) is 8.21. The molecular weight excluding hydrogens is 330 g/mol. The van der Waals surface area contributed by atoms with Crippen LogP contribution >= 0.6 is 11.6 Å². The molecule has 3 rings (SSSR count). The summed E-state index contributed by atoms with van der Waals surface area (Å²) >= 11 is 6.07. The Hall–Kier alpha value is -1.96. The third-order valence-corrected chi connectivity index (χ3v) is 4.00. The van der Waals surface area contributed by atoms with Gasteiger partial charge in [-0.05, 0) is 32.0 Å². The molecule has 7 nitrogen and oxygen atoms in total. The van der Waals surface area contributed by atoms with Crippen LogP contribution in [0, 0.1) is 0 Å². The van der Waals surface area contributed by atoms with Crippen molar-refractivity contribution >= 4 is 23.2 Å². The molecule has 128 valence electrons. The largest absolute Gasteiger partial charge is 0.373 e. The zero-order valence-corrected chi connectivity index (χ0v) is 14.4. The Kier molecular flexibility index (Phi) is 5.13. The molecule has 2 heterocycles. The first kappa shape index (κ1) is 16.9. The minimum Gasteiger partial charge on any atom is -0.373 e. The second-order valence-electron chi connectivity index (χ2n) is 6.00. The van der Waals surface area contributed by atoms with Crippen LogP contribution in [0.2, 0.25) is 5.02 Å². The Morgan fingerprint density at radius 2 is 2.12 bits per heavy atom. The topological polar surface area (TPSA) is 72.3 Å². The fourth-order valence-electron chi connectivity index (χ4n) is 2.95. The first-order chi connectivity index (χ1) is 11.5. The van der Waals surface area contributed by atoms with E-state index < -0.39 is 0 Å². The van der Waals surface area contributed by atoms with E-state index in [4.69, 9.17) is 16.3 Å². The van der Waals surface area contributed by atoms with Crippen molar-refractivity contribution in [3.8, 4) is 5.69 Å². The maximum atomic E-state index is 12.4. The van der Waals surface area contributed by atoms with E-state index in [2.05, 4.69) is 20.3 Å². The standard InChI is InChI=1S/C16H20ClN5O2/c1-11-6-21(7-12(2)24-11)8-16(23)20-14-5-13(17)3-4-15(14)22-10-18-9-19-22/h3-5,9-12H,6-8H2,1-2H3,(H,20,23). The summed E-state index contributed by atoms with van der Waals surface area (Å²) in [5, 5.41) is 7.57. The molecule has 8 heteroatoms. The van der Waals surface area contributed by atoms with Crippen LogP contribution in [0.25, 0.3) is 5.69 Å². The molecule has 1 fully saturated rings. The molecule has 2 atom stereocenters. The van der Waals surface area contributed by atoms with Crippen molar-refractivity contribution in [2.75, 3.05) is 25.0 Å². The monoisotopic (exact) mass is 349 g/mol. The van der Waals surface area contributed by atoms with Gasteiger partial charge in [0.2, 0.25) is 5.91 Å². The highest BCUT2D eigenvalue weighted by Gasteiger charge is 2.24. The summed E-state index contributed by atoms with van der Waals surface area (Å²) in [6.07, 6.45) is 3.26. The molecule has 24 heavy (non-hydrogen) atoms. The van der Waals surface area contributed by atoms with Crippen LogP contribution in [-0.2, 0) is 9.53 Å². The number of ether oxygens (including phenoxy) is 1. The van der Waals surface area contributed by atoms with Gasteiger partial charge in [-0.1, -0.05) is 11.6 Å². The summed E-state index contributed by atoms with van der Waals surface area (Å²) in [6, 6.07) is 5.26. The van der Waals surface area contributed by atoms with Crippen LogP contribution in [0.15, 0.2) is 30.9 Å². The lowest BCUT2D eigenvalue weighted by Crippen LogP contribution is -2.48. The highest BCUT2D eigenvalue weighted by Crippen LogP contribution is 2.24. The molecule has 1 saturated heterocycles. The van der Waals surface area contributed by atoms with E-state index in [0.717, 1.165) is 13.1 Å². The molecule has 1 aliphatic heterocycles. The molecule has 1 aromatic heterocycles. The number of hydrogen-bond acceptors (Lipinski definition) is 5. The van der Waals surface area contributed by atoms with E-state index in [1.807, 2.05) is 13.8 Å². The third-order valence-electron chi connectivity index (χ3n) is 3.76. The Morgan fingerprint density at radius 1 is 1.38 bits per heavy atom. The van der Waals surface area contributed by atoms with Gasteiger partial charge in [0.1, 0.15) is 12.7 Å². The molecule has 0 aliphatic carbocycles. The molecule has 0 spiro atoms. The summed E-state index contributed by atoms with van der Waals surface area (Å²) in [6.45, 7) is 5.81. The average Bonchev–Trinajstić information content (AvgIpc) is 3.00. The van der Waals surface area contributed by atoms with Crippen molar-refractivity contribution in [2.24, 2.45) is 0 Å². The summed E-state index contributed by atoms with van der Waals surface area (Å²) in [5.74, 6) is -0.0973. The number of carbonyl (C=O) groups excluding carboxylic acids is 1. The van der Waals surface area contributed by atoms with Crippen molar-refractivity contribution in [1.82, 2.24) is 19.7 Å². The van der Waals surface area contributed by atoms with Gasteiger partial charge >= 0.3 is 0 Å². The van der Waals surface area contributed by atoms with Crippen LogP contribution in [-0.4, -0.2) is 57.4 Å². The van der Waals surface area contributed by atoms with Crippen molar-refractivity contribution in [1.29, 1.82) is 0 Å². The van der Waals surface area contributed by atoms with Crippen molar-refractivity contribution in [3.05, 3.63) is 35.9 Å². The lowest BCUT2D eigenvalue weighted by Gasteiger charge is -2.34. The number of rotatable bonds is 4. The van der Waals surface area contributed by atoms with Gasteiger partial charge in [0, 0.05) is 18.1 Å². The smallest absolute Gasteiger partial charge is 0.238 e. The van der Waals surface area contributed by atoms with Gasteiger partial charge in [-0.25, -0.2) is 9.67 Å². The van der Waals surface area contributed by atoms with Crippen LogP contribution in [0.4, 0.5) is 5.69 Å². The predicted molar refractivity (Wildman–Crippen MR) is 91.4 cm³/mol. The molecule has 1 N–H and O–H groups in total. The molecular formula is C16H20ClN5O2. The van der Waals surface area contributed by atoms with E-state index >= 15 is 0 Å². The van der Waals surface area contributed by atoms with Gasteiger partial charge in [0.25, 0.3) is 0 Å². The number of nitrogens with one attached hydrogen (secondary N) is 1. The van der Waals surface area contributed by atoms with Gasteiger partial charge in [0.05, 0.1) is 30.1 Å². The lowest BCUT2D eigenvalue weighted by molar-refractivity contribution is -0.121. The van der Waals surface area contributed by atoms with Gasteiger partial charge in [-0.15, -0.1) is 0 Å². The number of nitrogens with zero attached hydrogens (tertiary/aromatic N) is 4. The minimum atomic E-state index is -0.0973. The Balaban J connectivity index is 1.71. The van der Waals surface area contributed by atoms with E-state index in [-0.39, 0.29) is 18.1 Å². The summed E-state index contributed by atoms with van der Waals surface area (Å²) in [7, 11) is 0. The SMILES string of the molecule is CC1CN(CC(=O)Nc2cc(Cl)ccc2-n2cncn2)CC(C)O1. The number of morpholine rings is 1. The molecule has 2 aromatic rings. The van der Waals surface area contributed by atoms with Crippen LogP contribution in [0.5, 0.6) is 0 Å². The van der Waals surface area contributed by atoms with Crippen molar-refractivity contribution in [2.45, 2.75) is 26.1 Å². The number of hydrogen-bond donors (Lipinski definition) is 1. The number of aromatic nitrogens is 3. The zero-order chi connectivity index (χ0) is 17.1. The number of amides is 1. The highest BCUT2D eigenvalue weighted by atomic mass is 35.5. The molecule has 1 amide bonds. The molecule has 2 unspecified atom stereocenters. The fourth-order valence-corrected chi connectivity index (χ4v) is 3.12. The maximum absolute atomic E-state index is 12.4. The lowest BCUT2D eigenvalue weighted by atomic mass is 10.2. The van der Waals surface area contributed by atoms with Gasteiger partial charge in [-0.2, -0.15) is 5.10 Å². The van der Waals surface area contributed by atoms with Crippen LogP contribution < -0.4 is 5.32 Å². The molecule has 1 aliphatic rings. The van der Waals surface area contributed by atoms with Crippen LogP contribution in [0.1, 0.15) is 13.8 Å². The Labute approximate surface area is 145 Å².